The molecule has 0 spiro atoms. The van der Waals surface area contributed by atoms with Crippen molar-refractivity contribution in [1.82, 2.24) is 19.5 Å². The largest absolute Gasteiger partial charge is 0.485 e. The maximum Gasteiger partial charge on any atom is 0.416 e. The second kappa shape index (κ2) is 7.74. The van der Waals surface area contributed by atoms with Crippen molar-refractivity contribution in [3.8, 4) is 11.4 Å². The van der Waals surface area contributed by atoms with Gasteiger partial charge in [0.1, 0.15) is 49.1 Å². The first-order chi connectivity index (χ1) is 15.4. The Balaban J connectivity index is 1.39. The van der Waals surface area contributed by atoms with E-state index in [2.05, 4.69) is 20.3 Å². The summed E-state index contributed by atoms with van der Waals surface area (Å²) in [5.74, 6) is 0.580. The fourth-order valence-electron chi connectivity index (χ4n) is 3.90. The van der Waals surface area contributed by atoms with Gasteiger partial charge in [0.2, 0.25) is 5.95 Å². The number of halogens is 2. The Kier molecular flexibility index (Phi) is 4.87. The van der Waals surface area contributed by atoms with Gasteiger partial charge in [0.25, 0.3) is 0 Å². The van der Waals surface area contributed by atoms with Gasteiger partial charge in [-0.05, 0) is 32.0 Å². The zero-order chi connectivity index (χ0) is 22.4. The predicted octanol–water partition coefficient (Wildman–Crippen LogP) is 3.55. The van der Waals surface area contributed by atoms with Crippen LogP contribution in [0.2, 0.25) is 0 Å². The molecular weight excluding hydrogens is 422 g/mol. The van der Waals surface area contributed by atoms with Crippen molar-refractivity contribution >= 4 is 17.9 Å². The molecule has 2 aliphatic heterocycles. The number of aromatic nitrogens is 4. The van der Waals surface area contributed by atoms with Crippen LogP contribution < -0.4 is 15.0 Å². The molecule has 11 heteroatoms. The topological polar surface area (TPSA) is 94.4 Å². The van der Waals surface area contributed by atoms with Gasteiger partial charge in [-0.3, -0.25) is 9.47 Å². The van der Waals surface area contributed by atoms with Gasteiger partial charge in [0.15, 0.2) is 0 Å². The number of rotatable bonds is 5. The number of hydrogen-bond acceptors (Lipinski definition) is 7. The molecule has 3 atom stereocenters. The maximum atomic E-state index is 13.9. The molecule has 2 aliphatic rings. The van der Waals surface area contributed by atoms with E-state index in [0.29, 0.717) is 17.1 Å². The van der Waals surface area contributed by atoms with Crippen LogP contribution in [0.1, 0.15) is 31.3 Å². The minimum Gasteiger partial charge on any atom is -0.485 e. The van der Waals surface area contributed by atoms with Crippen molar-refractivity contribution in [2.24, 2.45) is 0 Å². The van der Waals surface area contributed by atoms with E-state index < -0.39 is 18.3 Å². The molecule has 1 N–H and O–H groups in total. The Hall–Kier alpha value is -3.76. The summed E-state index contributed by atoms with van der Waals surface area (Å²) >= 11 is 0. The lowest BCUT2D eigenvalue weighted by atomic mass is 10.1. The van der Waals surface area contributed by atoms with E-state index in [0.717, 1.165) is 5.69 Å². The van der Waals surface area contributed by atoms with Crippen LogP contribution in [0.3, 0.4) is 0 Å². The molecule has 32 heavy (non-hydrogen) atoms. The van der Waals surface area contributed by atoms with Gasteiger partial charge in [-0.25, -0.2) is 23.5 Å². The molecule has 4 heterocycles. The van der Waals surface area contributed by atoms with E-state index in [1.165, 1.54) is 36.2 Å². The van der Waals surface area contributed by atoms with Crippen LogP contribution in [-0.2, 0) is 11.3 Å². The standard InChI is InChI=1S/C21H20F2N6O3/c1-11(22)15-8-32-21(30)29(15)18-5-6-24-20(27-18)26-12(2)19-16-9-31-17-7-13(23)3-4-14(17)28(16)10-25-19/h3-7,10-12,15H,8-9H2,1-2H3,(H,24,26,27)/t11-,12-,15+/m0/s1. The van der Waals surface area contributed by atoms with Crippen molar-refractivity contribution in [1.29, 1.82) is 0 Å². The molecule has 1 aromatic carbocycles. The van der Waals surface area contributed by atoms with Crippen LogP contribution in [0, 0.1) is 5.82 Å². The van der Waals surface area contributed by atoms with Gasteiger partial charge in [-0.2, -0.15) is 4.98 Å². The summed E-state index contributed by atoms with van der Waals surface area (Å²) < 4.78 is 40.0. The maximum absolute atomic E-state index is 13.9. The zero-order valence-corrected chi connectivity index (χ0v) is 17.3. The highest BCUT2D eigenvalue weighted by atomic mass is 19.1. The number of carbonyl (C=O) groups is 1. The van der Waals surface area contributed by atoms with Gasteiger partial charge >= 0.3 is 6.09 Å². The summed E-state index contributed by atoms with van der Waals surface area (Å²) in [6, 6.07) is 4.82. The van der Waals surface area contributed by atoms with Crippen molar-refractivity contribution in [2.75, 3.05) is 16.8 Å². The van der Waals surface area contributed by atoms with Crippen LogP contribution in [0.25, 0.3) is 5.69 Å². The Bertz CT molecular complexity index is 1180. The number of nitrogens with one attached hydrogen (secondary N) is 1. The van der Waals surface area contributed by atoms with Crippen molar-refractivity contribution < 1.29 is 23.0 Å². The number of imidazole rings is 1. The van der Waals surface area contributed by atoms with E-state index in [9.17, 15) is 13.6 Å². The van der Waals surface area contributed by atoms with Gasteiger partial charge in [0.05, 0.1) is 23.1 Å². The Morgan fingerprint density at radius 3 is 2.88 bits per heavy atom. The van der Waals surface area contributed by atoms with E-state index in [-0.39, 0.29) is 36.8 Å². The quantitative estimate of drug-likeness (QED) is 0.646. The Morgan fingerprint density at radius 2 is 2.06 bits per heavy atom. The van der Waals surface area contributed by atoms with Crippen molar-refractivity contribution in [3.63, 3.8) is 0 Å². The third kappa shape index (κ3) is 3.39. The van der Waals surface area contributed by atoms with Crippen LogP contribution in [0.5, 0.6) is 5.75 Å². The number of amides is 1. The highest BCUT2D eigenvalue weighted by Crippen LogP contribution is 2.33. The second-order valence-corrected chi connectivity index (χ2v) is 7.64. The van der Waals surface area contributed by atoms with Crippen LogP contribution in [0.4, 0.5) is 25.3 Å². The SMILES string of the molecule is C[C@H](Nc1nccc(N2C(=O)OC[C@@H]2[C@H](C)F)n1)c1ncn2c1COc1cc(F)ccc1-2. The number of fused-ring (bicyclic) bond motifs is 3. The number of anilines is 2. The smallest absolute Gasteiger partial charge is 0.416 e. The molecule has 1 fully saturated rings. The molecule has 166 valence electrons. The van der Waals surface area contributed by atoms with E-state index in [4.69, 9.17) is 9.47 Å². The summed E-state index contributed by atoms with van der Waals surface area (Å²) in [4.78, 5) is 26.4. The highest BCUT2D eigenvalue weighted by molar-refractivity contribution is 5.89. The molecular formula is C21H20F2N6O3. The predicted molar refractivity (Wildman–Crippen MR) is 110 cm³/mol. The molecule has 0 aliphatic carbocycles. The average molecular weight is 442 g/mol. The second-order valence-electron chi connectivity index (χ2n) is 7.64. The Labute approximate surface area is 182 Å². The summed E-state index contributed by atoms with van der Waals surface area (Å²) in [7, 11) is 0. The molecule has 0 unspecified atom stereocenters. The average Bonchev–Trinajstić information content (AvgIpc) is 3.37. The molecule has 0 radical (unpaired) electrons. The van der Waals surface area contributed by atoms with Crippen LogP contribution in [-0.4, -0.2) is 44.4 Å². The first-order valence-corrected chi connectivity index (χ1v) is 10.1. The fraction of sp³-hybridized carbons (Fsp3) is 0.333. The minimum absolute atomic E-state index is 0.0359. The van der Waals surface area contributed by atoms with Gasteiger partial charge < -0.3 is 14.8 Å². The summed E-state index contributed by atoms with van der Waals surface area (Å²) in [6.45, 7) is 3.45. The van der Waals surface area contributed by atoms with Crippen LogP contribution in [0.15, 0.2) is 36.8 Å². The van der Waals surface area contributed by atoms with E-state index in [1.54, 1.807) is 12.4 Å². The number of nitrogens with zero attached hydrogens (tertiary/aromatic N) is 5. The third-order valence-corrected chi connectivity index (χ3v) is 5.52. The summed E-state index contributed by atoms with van der Waals surface area (Å²) in [5, 5.41) is 3.16. The van der Waals surface area contributed by atoms with E-state index in [1.807, 2.05) is 11.5 Å². The zero-order valence-electron chi connectivity index (χ0n) is 17.3. The first-order valence-electron chi connectivity index (χ1n) is 10.1. The normalized spacial score (nSPS) is 18.9. The lowest BCUT2D eigenvalue weighted by Gasteiger charge is -2.23. The summed E-state index contributed by atoms with van der Waals surface area (Å²) in [6.07, 6.45) is 1.22. The van der Waals surface area contributed by atoms with E-state index >= 15 is 0 Å². The lowest BCUT2D eigenvalue weighted by Crippen LogP contribution is -2.39. The number of ether oxygens (including phenoxy) is 2. The van der Waals surface area contributed by atoms with Crippen molar-refractivity contribution in [3.05, 3.63) is 54.0 Å². The number of benzene rings is 1. The Morgan fingerprint density at radius 1 is 1.22 bits per heavy atom. The molecule has 1 amide bonds. The molecule has 0 saturated carbocycles. The van der Waals surface area contributed by atoms with Gasteiger partial charge in [-0.15, -0.1) is 0 Å². The molecule has 0 bridgehead atoms. The minimum atomic E-state index is -1.28. The monoisotopic (exact) mass is 442 g/mol. The number of alkyl halides is 1. The molecule has 5 rings (SSSR count). The molecule has 1 saturated heterocycles. The molecule has 2 aromatic heterocycles. The number of carbonyl (C=O) groups excluding carboxylic acids is 1. The number of cyclic esters (lactones) is 1. The lowest BCUT2D eigenvalue weighted by molar-refractivity contribution is 0.174. The van der Waals surface area contributed by atoms with Gasteiger partial charge in [0, 0.05) is 12.3 Å². The van der Waals surface area contributed by atoms with Crippen LogP contribution >= 0.6 is 0 Å². The van der Waals surface area contributed by atoms with Crippen molar-refractivity contribution in [2.45, 2.75) is 38.7 Å². The van der Waals surface area contributed by atoms with Gasteiger partial charge in [-0.1, -0.05) is 0 Å². The summed E-state index contributed by atoms with van der Waals surface area (Å²) in [5.41, 5.74) is 2.23. The molecule has 9 nitrogen and oxygen atoms in total. The highest BCUT2D eigenvalue weighted by Gasteiger charge is 2.39. The number of hydrogen-bond donors (Lipinski definition) is 1. The first kappa shape index (κ1) is 20.2. The fourth-order valence-corrected chi connectivity index (χ4v) is 3.90. The third-order valence-electron chi connectivity index (χ3n) is 5.52. The molecule has 3 aromatic rings.